The van der Waals surface area contributed by atoms with E-state index in [0.717, 1.165) is 28.0 Å². The number of hydrogen-bond donors (Lipinski definition) is 1. The first-order chi connectivity index (χ1) is 14.0. The Morgan fingerprint density at radius 1 is 1.03 bits per heavy atom. The normalized spacial score (nSPS) is 11.3. The lowest BCUT2D eigenvalue weighted by molar-refractivity contribution is 0.0956. The molecule has 0 aliphatic carbocycles. The maximum absolute atomic E-state index is 12.9. The molecule has 0 radical (unpaired) electrons. The zero-order valence-corrected chi connectivity index (χ0v) is 16.5. The highest BCUT2D eigenvalue weighted by Crippen LogP contribution is 2.24. The summed E-state index contributed by atoms with van der Waals surface area (Å²) in [4.78, 5) is 17.5. The smallest absolute Gasteiger partial charge is 0.267 e. The Balaban J connectivity index is 1.69. The number of hydrazone groups is 1. The number of aryl methyl sites for hydroxylation is 3. The highest BCUT2D eigenvalue weighted by Gasteiger charge is 2.19. The first kappa shape index (κ1) is 18.6. The Morgan fingerprint density at radius 3 is 2.48 bits per heavy atom. The molecule has 144 valence electrons. The van der Waals surface area contributed by atoms with Gasteiger partial charge in [0.1, 0.15) is 0 Å². The minimum atomic E-state index is -0.292. The summed E-state index contributed by atoms with van der Waals surface area (Å²) in [5.74, 6) is -0.292. The first-order valence-electron chi connectivity index (χ1n) is 9.35. The van der Waals surface area contributed by atoms with Crippen LogP contribution in [-0.2, 0) is 0 Å². The van der Waals surface area contributed by atoms with Crippen LogP contribution in [0, 0.1) is 20.8 Å². The van der Waals surface area contributed by atoms with Crippen molar-refractivity contribution >= 4 is 23.2 Å². The van der Waals surface area contributed by atoms with Gasteiger partial charge in [-0.3, -0.25) is 4.79 Å². The van der Waals surface area contributed by atoms with E-state index in [-0.39, 0.29) is 5.91 Å². The van der Waals surface area contributed by atoms with Crippen molar-refractivity contribution in [2.24, 2.45) is 5.10 Å². The van der Waals surface area contributed by atoms with Crippen molar-refractivity contribution in [1.29, 1.82) is 0 Å². The number of hydrogen-bond acceptors (Lipinski definition) is 4. The van der Waals surface area contributed by atoms with Crippen molar-refractivity contribution < 1.29 is 4.79 Å². The van der Waals surface area contributed by atoms with E-state index in [1.54, 1.807) is 17.0 Å². The summed E-state index contributed by atoms with van der Waals surface area (Å²) in [5.41, 5.74) is 8.25. The number of rotatable bonds is 4. The Kier molecular flexibility index (Phi) is 4.91. The quantitative estimate of drug-likeness (QED) is 0.426. The third-order valence-corrected chi connectivity index (χ3v) is 4.64. The lowest BCUT2D eigenvalue weighted by atomic mass is 10.1. The van der Waals surface area contributed by atoms with E-state index in [9.17, 15) is 4.79 Å². The minimum Gasteiger partial charge on any atom is -0.267 e. The van der Waals surface area contributed by atoms with Gasteiger partial charge in [0.05, 0.1) is 28.5 Å². The maximum Gasteiger partial charge on any atom is 0.272 e. The van der Waals surface area contributed by atoms with Gasteiger partial charge in [-0.1, -0.05) is 48.0 Å². The summed E-state index contributed by atoms with van der Waals surface area (Å²) in [5, 5.41) is 9.45. The predicted octanol–water partition coefficient (Wildman–Crippen LogP) is 4.11. The Labute approximate surface area is 168 Å². The summed E-state index contributed by atoms with van der Waals surface area (Å²) < 4.78 is 1.77. The molecule has 0 bridgehead atoms. The zero-order chi connectivity index (χ0) is 20.4. The second-order valence-electron chi connectivity index (χ2n) is 6.95. The van der Waals surface area contributed by atoms with Crippen molar-refractivity contribution in [2.75, 3.05) is 0 Å². The van der Waals surface area contributed by atoms with Crippen molar-refractivity contribution in [1.82, 2.24) is 20.2 Å². The third-order valence-electron chi connectivity index (χ3n) is 4.64. The van der Waals surface area contributed by atoms with Gasteiger partial charge in [0.15, 0.2) is 5.65 Å². The Morgan fingerprint density at radius 2 is 1.76 bits per heavy atom. The van der Waals surface area contributed by atoms with Crippen molar-refractivity contribution in [3.05, 3.63) is 88.7 Å². The summed E-state index contributed by atoms with van der Waals surface area (Å²) in [6.45, 7) is 5.77. The molecule has 0 aliphatic rings. The summed E-state index contributed by atoms with van der Waals surface area (Å²) >= 11 is 0. The van der Waals surface area contributed by atoms with Crippen LogP contribution in [0.15, 0.2) is 65.8 Å². The molecule has 2 aromatic heterocycles. The molecule has 6 nitrogen and oxygen atoms in total. The number of para-hydroxylation sites is 1. The molecular weight excluding hydrogens is 362 g/mol. The van der Waals surface area contributed by atoms with Gasteiger partial charge in [-0.15, -0.1) is 0 Å². The van der Waals surface area contributed by atoms with Gasteiger partial charge in [-0.25, -0.2) is 15.1 Å². The number of nitrogens with one attached hydrogen (secondary N) is 1. The van der Waals surface area contributed by atoms with E-state index in [0.29, 0.717) is 11.2 Å². The van der Waals surface area contributed by atoms with Crippen LogP contribution >= 0.6 is 0 Å². The lowest BCUT2D eigenvalue weighted by Gasteiger charge is -2.06. The topological polar surface area (TPSA) is 72.2 Å². The predicted molar refractivity (Wildman–Crippen MR) is 115 cm³/mol. The largest absolute Gasteiger partial charge is 0.272 e. The number of nitrogens with zero attached hydrogens (tertiary/aromatic N) is 4. The number of carbonyl (C=O) groups excluding carboxylic acids is 1. The molecule has 4 rings (SSSR count). The van der Waals surface area contributed by atoms with Crippen molar-refractivity contribution in [3.8, 4) is 5.69 Å². The number of aromatic nitrogens is 3. The molecule has 2 aromatic carbocycles. The van der Waals surface area contributed by atoms with E-state index in [4.69, 9.17) is 0 Å². The van der Waals surface area contributed by atoms with Crippen LogP contribution < -0.4 is 5.43 Å². The van der Waals surface area contributed by atoms with Gasteiger partial charge in [-0.05, 0) is 44.5 Å². The Hall–Kier alpha value is -3.80. The summed E-state index contributed by atoms with van der Waals surface area (Å²) in [6.07, 6.45) is 1.63. The summed E-state index contributed by atoms with van der Waals surface area (Å²) in [6, 6.07) is 19.4. The van der Waals surface area contributed by atoms with Crippen LogP contribution in [0.3, 0.4) is 0 Å². The van der Waals surface area contributed by atoms with Gasteiger partial charge in [0.25, 0.3) is 5.91 Å². The average Bonchev–Trinajstić information content (AvgIpc) is 3.05. The number of pyridine rings is 1. The number of amides is 1. The number of benzene rings is 2. The van der Waals surface area contributed by atoms with Gasteiger partial charge in [-0.2, -0.15) is 10.2 Å². The van der Waals surface area contributed by atoms with Gasteiger partial charge in [0.2, 0.25) is 0 Å². The number of fused-ring (bicyclic) bond motifs is 1. The van der Waals surface area contributed by atoms with Crippen LogP contribution in [0.1, 0.15) is 32.9 Å². The maximum atomic E-state index is 12.9. The fraction of sp³-hybridized carbons (Fsp3) is 0.130. The van der Waals surface area contributed by atoms with Crippen LogP contribution in [-0.4, -0.2) is 26.9 Å². The first-order valence-corrected chi connectivity index (χ1v) is 9.35. The Bertz CT molecular complexity index is 1210. The molecule has 0 fully saturated rings. The third kappa shape index (κ3) is 3.78. The second kappa shape index (κ2) is 7.67. The molecule has 29 heavy (non-hydrogen) atoms. The van der Waals surface area contributed by atoms with Crippen molar-refractivity contribution in [3.63, 3.8) is 0 Å². The van der Waals surface area contributed by atoms with Crippen LogP contribution in [0.4, 0.5) is 0 Å². The van der Waals surface area contributed by atoms with Crippen LogP contribution in [0.25, 0.3) is 16.7 Å². The minimum absolute atomic E-state index is 0.292. The highest BCUT2D eigenvalue weighted by atomic mass is 16.2. The molecule has 2 heterocycles. The standard InChI is InChI=1S/C23H21N5O/c1-15-9-11-18(12-10-15)14-24-26-23(29)20-13-16(2)25-22-21(20)17(3)27-28(22)19-7-5-4-6-8-19/h4-14H,1-3H3,(H,26,29)/b24-14+. The fourth-order valence-electron chi connectivity index (χ4n) is 3.22. The van der Waals surface area contributed by atoms with Gasteiger partial charge < -0.3 is 0 Å². The molecule has 0 saturated heterocycles. The molecule has 1 amide bonds. The SMILES string of the molecule is Cc1ccc(/C=N/NC(=O)c2cc(C)nc3c2c(C)nn3-c2ccccc2)cc1. The lowest BCUT2D eigenvalue weighted by Crippen LogP contribution is -2.18. The van der Waals surface area contributed by atoms with Crippen LogP contribution in [0.2, 0.25) is 0 Å². The molecule has 6 heteroatoms. The highest BCUT2D eigenvalue weighted by molar-refractivity contribution is 6.07. The second-order valence-corrected chi connectivity index (χ2v) is 6.95. The number of carbonyl (C=O) groups is 1. The van der Waals surface area contributed by atoms with E-state index < -0.39 is 0 Å². The van der Waals surface area contributed by atoms with E-state index >= 15 is 0 Å². The van der Waals surface area contributed by atoms with Gasteiger partial charge in [0, 0.05) is 5.69 Å². The summed E-state index contributed by atoms with van der Waals surface area (Å²) in [7, 11) is 0. The molecule has 0 atom stereocenters. The monoisotopic (exact) mass is 383 g/mol. The molecule has 1 N–H and O–H groups in total. The molecule has 0 spiro atoms. The molecule has 0 saturated carbocycles. The van der Waals surface area contributed by atoms with E-state index in [2.05, 4.69) is 20.6 Å². The average molecular weight is 383 g/mol. The van der Waals surface area contributed by atoms with Gasteiger partial charge >= 0.3 is 0 Å². The van der Waals surface area contributed by atoms with E-state index in [1.165, 1.54) is 5.56 Å². The van der Waals surface area contributed by atoms with Crippen molar-refractivity contribution in [2.45, 2.75) is 20.8 Å². The van der Waals surface area contributed by atoms with E-state index in [1.807, 2.05) is 75.4 Å². The molecule has 0 unspecified atom stereocenters. The molecular formula is C23H21N5O. The zero-order valence-electron chi connectivity index (χ0n) is 16.5. The van der Waals surface area contributed by atoms with Crippen LogP contribution in [0.5, 0.6) is 0 Å². The fourth-order valence-corrected chi connectivity index (χ4v) is 3.22. The molecule has 0 aliphatic heterocycles. The molecule has 4 aromatic rings.